The van der Waals surface area contributed by atoms with Crippen molar-refractivity contribution in [2.24, 2.45) is 0 Å². The van der Waals surface area contributed by atoms with Crippen LogP contribution in [0.15, 0.2) is 35.7 Å². The van der Waals surface area contributed by atoms with Crippen LogP contribution >= 0.6 is 11.3 Å². The second-order valence-electron chi connectivity index (χ2n) is 7.19. The predicted octanol–water partition coefficient (Wildman–Crippen LogP) is 4.21. The monoisotopic (exact) mass is 410 g/mol. The highest BCUT2D eigenvalue weighted by atomic mass is 32.1. The van der Waals surface area contributed by atoms with E-state index in [-0.39, 0.29) is 5.69 Å². The Morgan fingerprint density at radius 1 is 1.10 bits per heavy atom. The number of non-ortho nitro benzene ring substituents is 1. The van der Waals surface area contributed by atoms with Gasteiger partial charge < -0.3 is 10.2 Å². The topological polar surface area (TPSA) is 97.1 Å². The number of aryl methyl sites for hydroxylation is 2. The van der Waals surface area contributed by atoms with E-state index in [1.54, 1.807) is 23.5 Å². The summed E-state index contributed by atoms with van der Waals surface area (Å²) in [5, 5.41) is 17.4. The normalized spacial score (nSPS) is 14.8. The molecule has 4 rings (SSSR count). The lowest BCUT2D eigenvalue weighted by Crippen LogP contribution is -2.39. The molecular weight excluding hydrogens is 388 g/mol. The van der Waals surface area contributed by atoms with Gasteiger partial charge >= 0.3 is 0 Å². The zero-order valence-corrected chi connectivity index (χ0v) is 17.1. The van der Waals surface area contributed by atoms with Gasteiger partial charge in [0.15, 0.2) is 11.0 Å². The third-order valence-electron chi connectivity index (χ3n) is 4.94. The van der Waals surface area contributed by atoms with Crippen molar-refractivity contribution in [3.05, 3.63) is 57.2 Å². The Balaban J connectivity index is 1.46. The molecule has 1 aromatic carbocycles. The van der Waals surface area contributed by atoms with Crippen LogP contribution in [-0.4, -0.2) is 39.0 Å². The van der Waals surface area contributed by atoms with E-state index in [0.717, 1.165) is 53.8 Å². The third-order valence-corrected chi connectivity index (χ3v) is 5.83. The number of rotatable bonds is 5. The highest BCUT2D eigenvalue weighted by Gasteiger charge is 2.22. The van der Waals surface area contributed by atoms with Gasteiger partial charge in [0.1, 0.15) is 5.82 Å². The fraction of sp³-hybridized carbons (Fsp3) is 0.350. The van der Waals surface area contributed by atoms with Crippen LogP contribution in [0, 0.1) is 24.0 Å². The largest absolute Gasteiger partial charge is 0.359 e. The Morgan fingerprint density at radius 2 is 1.83 bits per heavy atom. The maximum Gasteiger partial charge on any atom is 0.269 e. The Morgan fingerprint density at radius 3 is 2.45 bits per heavy atom. The molecule has 3 heterocycles. The lowest BCUT2D eigenvalue weighted by molar-refractivity contribution is -0.384. The number of aromatic nitrogens is 3. The molecule has 29 heavy (non-hydrogen) atoms. The van der Waals surface area contributed by atoms with Crippen LogP contribution in [0.2, 0.25) is 0 Å². The lowest BCUT2D eigenvalue weighted by atomic mass is 10.1. The molecule has 1 saturated heterocycles. The highest BCUT2D eigenvalue weighted by Crippen LogP contribution is 2.26. The van der Waals surface area contributed by atoms with Gasteiger partial charge in [0.2, 0.25) is 0 Å². The smallest absolute Gasteiger partial charge is 0.269 e. The molecule has 9 heteroatoms. The maximum atomic E-state index is 10.9. The molecule has 1 aliphatic heterocycles. The van der Waals surface area contributed by atoms with Crippen LogP contribution in [0.4, 0.5) is 16.6 Å². The molecule has 1 aliphatic rings. The van der Waals surface area contributed by atoms with Crippen LogP contribution in [0.1, 0.15) is 24.2 Å². The predicted molar refractivity (Wildman–Crippen MR) is 115 cm³/mol. The van der Waals surface area contributed by atoms with E-state index in [0.29, 0.717) is 11.9 Å². The molecule has 0 spiro atoms. The second-order valence-corrected chi connectivity index (χ2v) is 8.05. The lowest BCUT2D eigenvalue weighted by Gasteiger charge is -2.33. The van der Waals surface area contributed by atoms with Gasteiger partial charge in [0.05, 0.1) is 10.6 Å². The molecule has 8 nitrogen and oxygen atoms in total. The number of piperidine rings is 1. The minimum Gasteiger partial charge on any atom is -0.359 e. The van der Waals surface area contributed by atoms with E-state index in [1.165, 1.54) is 12.1 Å². The van der Waals surface area contributed by atoms with Crippen molar-refractivity contribution >= 4 is 28.0 Å². The number of nitro groups is 1. The van der Waals surface area contributed by atoms with Crippen molar-refractivity contribution in [2.75, 3.05) is 23.3 Å². The molecule has 3 aromatic rings. The number of nitro benzene ring substituents is 1. The molecular formula is C20H22N6O2S. The first kappa shape index (κ1) is 19.3. The summed E-state index contributed by atoms with van der Waals surface area (Å²) in [6, 6.07) is 8.77. The Hall–Kier alpha value is -3.07. The zero-order valence-electron chi connectivity index (χ0n) is 16.3. The summed E-state index contributed by atoms with van der Waals surface area (Å²) in [6.45, 7) is 5.75. The average molecular weight is 411 g/mol. The molecule has 0 saturated carbocycles. The SMILES string of the molecule is Cc1cc(N2CCC(Nc3nc(C)cs3)CC2)nc(-c2ccc([N+](=O)[O-])cc2)n1. The van der Waals surface area contributed by atoms with Crippen molar-refractivity contribution in [3.63, 3.8) is 0 Å². The van der Waals surface area contributed by atoms with Gasteiger partial charge in [0.25, 0.3) is 5.69 Å². The fourth-order valence-electron chi connectivity index (χ4n) is 3.42. The first-order valence-electron chi connectivity index (χ1n) is 9.52. The van der Waals surface area contributed by atoms with Crippen molar-refractivity contribution in [1.82, 2.24) is 15.0 Å². The van der Waals surface area contributed by atoms with Gasteiger partial charge in [-0.3, -0.25) is 10.1 Å². The number of anilines is 2. The number of hydrogen-bond donors (Lipinski definition) is 1. The average Bonchev–Trinajstić information content (AvgIpc) is 3.13. The van der Waals surface area contributed by atoms with E-state index >= 15 is 0 Å². The fourth-order valence-corrected chi connectivity index (χ4v) is 4.19. The van der Waals surface area contributed by atoms with Crippen molar-refractivity contribution < 1.29 is 4.92 Å². The van der Waals surface area contributed by atoms with Crippen LogP contribution in [0.25, 0.3) is 11.4 Å². The van der Waals surface area contributed by atoms with Crippen molar-refractivity contribution in [2.45, 2.75) is 32.7 Å². The van der Waals surface area contributed by atoms with Crippen LogP contribution in [0.3, 0.4) is 0 Å². The third kappa shape index (κ3) is 4.51. The molecule has 0 atom stereocenters. The molecule has 0 radical (unpaired) electrons. The molecule has 1 fully saturated rings. The van der Waals surface area contributed by atoms with Gasteiger partial charge in [-0.1, -0.05) is 0 Å². The second kappa shape index (κ2) is 8.12. The van der Waals surface area contributed by atoms with Gasteiger partial charge in [-0.25, -0.2) is 15.0 Å². The first-order chi connectivity index (χ1) is 14.0. The number of hydrogen-bond acceptors (Lipinski definition) is 8. The van der Waals surface area contributed by atoms with Crippen LogP contribution in [0.5, 0.6) is 0 Å². The van der Waals surface area contributed by atoms with Gasteiger partial charge in [-0.15, -0.1) is 11.3 Å². The standard InChI is InChI=1S/C20H22N6O2S/c1-13-11-18(24-19(21-13)15-3-5-17(6-4-15)26(27)28)25-9-7-16(8-10-25)23-20-22-14(2)12-29-20/h3-6,11-12,16H,7-10H2,1-2H3,(H,22,23). The molecule has 0 unspecified atom stereocenters. The van der Waals surface area contributed by atoms with E-state index < -0.39 is 4.92 Å². The summed E-state index contributed by atoms with van der Waals surface area (Å²) >= 11 is 1.65. The first-order valence-corrected chi connectivity index (χ1v) is 10.4. The minimum atomic E-state index is -0.405. The summed E-state index contributed by atoms with van der Waals surface area (Å²) in [4.78, 5) is 26.5. The number of thiazole rings is 1. The summed E-state index contributed by atoms with van der Waals surface area (Å²) < 4.78 is 0. The highest BCUT2D eigenvalue weighted by molar-refractivity contribution is 7.13. The number of nitrogens with zero attached hydrogens (tertiary/aromatic N) is 5. The van der Waals surface area contributed by atoms with E-state index in [2.05, 4.69) is 25.6 Å². The molecule has 0 amide bonds. The van der Waals surface area contributed by atoms with Crippen molar-refractivity contribution in [1.29, 1.82) is 0 Å². The summed E-state index contributed by atoms with van der Waals surface area (Å²) in [7, 11) is 0. The summed E-state index contributed by atoms with van der Waals surface area (Å²) in [6.07, 6.45) is 2.02. The van der Waals surface area contributed by atoms with Crippen LogP contribution in [-0.2, 0) is 0 Å². The zero-order chi connectivity index (χ0) is 20.4. The number of nitrogens with one attached hydrogen (secondary N) is 1. The van der Waals surface area contributed by atoms with Crippen molar-refractivity contribution in [3.8, 4) is 11.4 Å². The van der Waals surface area contributed by atoms with Gasteiger partial charge in [-0.05, 0) is 38.8 Å². The molecule has 2 aromatic heterocycles. The van der Waals surface area contributed by atoms with Gasteiger partial charge in [0, 0.05) is 54.0 Å². The Bertz CT molecular complexity index is 1010. The summed E-state index contributed by atoms with van der Waals surface area (Å²) in [5.41, 5.74) is 2.76. The van der Waals surface area contributed by atoms with Crippen LogP contribution < -0.4 is 10.2 Å². The van der Waals surface area contributed by atoms with E-state index in [9.17, 15) is 10.1 Å². The van der Waals surface area contributed by atoms with E-state index in [1.807, 2.05) is 19.9 Å². The number of benzene rings is 1. The molecule has 0 bridgehead atoms. The molecule has 0 aliphatic carbocycles. The maximum absolute atomic E-state index is 10.9. The molecule has 150 valence electrons. The Labute approximate surface area is 172 Å². The van der Waals surface area contributed by atoms with E-state index in [4.69, 9.17) is 4.98 Å². The Kier molecular flexibility index (Phi) is 5.39. The van der Waals surface area contributed by atoms with Gasteiger partial charge in [-0.2, -0.15) is 0 Å². The minimum absolute atomic E-state index is 0.0617. The quantitative estimate of drug-likeness (QED) is 0.497. The molecule has 1 N–H and O–H groups in total. The summed E-state index contributed by atoms with van der Waals surface area (Å²) in [5.74, 6) is 1.49.